The molecular formula is C19H14F3NO3S. The van der Waals surface area contributed by atoms with Crippen LogP contribution in [0.4, 0.5) is 18.9 Å². The first kappa shape index (κ1) is 17.8. The first-order chi connectivity index (χ1) is 12.7. The van der Waals surface area contributed by atoms with E-state index in [2.05, 4.69) is 0 Å². The molecule has 27 heavy (non-hydrogen) atoms. The van der Waals surface area contributed by atoms with Crippen molar-refractivity contribution in [1.29, 1.82) is 0 Å². The van der Waals surface area contributed by atoms with Crippen molar-refractivity contribution in [1.82, 2.24) is 0 Å². The van der Waals surface area contributed by atoms with Crippen LogP contribution in [0.5, 0.6) is 0 Å². The van der Waals surface area contributed by atoms with Crippen LogP contribution in [-0.2, 0) is 16.2 Å². The van der Waals surface area contributed by atoms with Gasteiger partial charge in [-0.1, -0.05) is 36.4 Å². The summed E-state index contributed by atoms with van der Waals surface area (Å²) in [7, 11) is -3.84. The van der Waals surface area contributed by atoms with E-state index in [0.717, 1.165) is 34.0 Å². The van der Waals surface area contributed by atoms with Crippen molar-refractivity contribution < 1.29 is 26.7 Å². The molecule has 1 unspecified atom stereocenters. The van der Waals surface area contributed by atoms with Gasteiger partial charge >= 0.3 is 6.18 Å². The highest BCUT2D eigenvalue weighted by molar-refractivity contribution is 7.93. The fourth-order valence-electron chi connectivity index (χ4n) is 3.31. The molecule has 0 saturated heterocycles. The van der Waals surface area contributed by atoms with Gasteiger partial charge in [0.2, 0.25) is 0 Å². The lowest BCUT2D eigenvalue weighted by atomic mass is 10.1. The minimum atomic E-state index is -4.47. The van der Waals surface area contributed by atoms with Crippen molar-refractivity contribution in [2.75, 3.05) is 10.8 Å². The predicted molar refractivity (Wildman–Crippen MR) is 94.9 cm³/mol. The van der Waals surface area contributed by atoms with Gasteiger partial charge in [0.25, 0.3) is 10.0 Å². The number of rotatable bonds is 3. The third-order valence-electron chi connectivity index (χ3n) is 4.64. The Balaban J connectivity index is 1.68. The number of anilines is 1. The highest BCUT2D eigenvalue weighted by Crippen LogP contribution is 2.42. The number of aliphatic hydroxyl groups is 1. The maximum atomic E-state index is 12.9. The normalized spacial score (nSPS) is 16.7. The largest absolute Gasteiger partial charge is 0.416 e. The van der Waals surface area contributed by atoms with E-state index in [-0.39, 0.29) is 17.0 Å². The van der Waals surface area contributed by atoms with Crippen LogP contribution in [0.2, 0.25) is 0 Å². The van der Waals surface area contributed by atoms with E-state index in [4.69, 9.17) is 0 Å². The molecule has 0 fully saturated rings. The topological polar surface area (TPSA) is 57.6 Å². The van der Waals surface area contributed by atoms with Gasteiger partial charge in [-0.05, 0) is 35.2 Å². The number of sulfonamides is 1. The van der Waals surface area contributed by atoms with Crippen molar-refractivity contribution in [3.63, 3.8) is 0 Å². The first-order valence-electron chi connectivity index (χ1n) is 8.09. The summed E-state index contributed by atoms with van der Waals surface area (Å²) < 4.78 is 64.9. The lowest BCUT2D eigenvalue weighted by Gasteiger charge is -2.22. The second-order valence-corrected chi connectivity index (χ2v) is 8.13. The molecule has 4 rings (SSSR count). The summed E-state index contributed by atoms with van der Waals surface area (Å²) in [5, 5.41) is 11.8. The van der Waals surface area contributed by atoms with Gasteiger partial charge in [-0.3, -0.25) is 4.31 Å². The summed E-state index contributed by atoms with van der Waals surface area (Å²) in [6.45, 7) is -0.290. The second kappa shape index (κ2) is 5.97. The lowest BCUT2D eigenvalue weighted by molar-refractivity contribution is -0.137. The van der Waals surface area contributed by atoms with E-state index in [1.54, 1.807) is 30.3 Å². The van der Waals surface area contributed by atoms with Gasteiger partial charge in [0, 0.05) is 5.39 Å². The van der Waals surface area contributed by atoms with Gasteiger partial charge in [0.1, 0.15) is 0 Å². The van der Waals surface area contributed by atoms with Crippen LogP contribution in [0.3, 0.4) is 0 Å². The van der Waals surface area contributed by atoms with E-state index in [1.807, 2.05) is 0 Å². The van der Waals surface area contributed by atoms with Gasteiger partial charge in [0.15, 0.2) is 0 Å². The monoisotopic (exact) mass is 393 g/mol. The fourth-order valence-corrected chi connectivity index (χ4v) is 5.03. The molecule has 140 valence electrons. The van der Waals surface area contributed by atoms with Gasteiger partial charge in [0.05, 0.1) is 28.8 Å². The van der Waals surface area contributed by atoms with Gasteiger partial charge in [-0.15, -0.1) is 0 Å². The van der Waals surface area contributed by atoms with E-state index < -0.39 is 27.9 Å². The molecule has 1 atom stereocenters. The Morgan fingerprint density at radius 1 is 0.963 bits per heavy atom. The molecule has 0 amide bonds. The summed E-state index contributed by atoms with van der Waals surface area (Å²) in [6, 6.07) is 14.2. The van der Waals surface area contributed by atoms with Gasteiger partial charge in [-0.2, -0.15) is 13.2 Å². The molecule has 1 aliphatic rings. The quantitative estimate of drug-likeness (QED) is 0.729. The number of benzene rings is 3. The Bertz CT molecular complexity index is 1120. The highest BCUT2D eigenvalue weighted by atomic mass is 32.2. The summed E-state index contributed by atoms with van der Waals surface area (Å²) in [5.41, 5.74) is -0.167. The first-order valence-corrected chi connectivity index (χ1v) is 9.53. The molecule has 0 aromatic heterocycles. The van der Waals surface area contributed by atoms with Crippen molar-refractivity contribution in [3.8, 4) is 0 Å². The molecule has 1 aliphatic heterocycles. The molecule has 0 bridgehead atoms. The van der Waals surface area contributed by atoms with Gasteiger partial charge in [-0.25, -0.2) is 8.42 Å². The van der Waals surface area contributed by atoms with Crippen LogP contribution in [0.15, 0.2) is 65.6 Å². The maximum Gasteiger partial charge on any atom is 0.416 e. The van der Waals surface area contributed by atoms with Crippen LogP contribution >= 0.6 is 0 Å². The molecular weight excluding hydrogens is 379 g/mol. The number of halogens is 3. The Labute approximate surface area is 153 Å². The van der Waals surface area contributed by atoms with Crippen LogP contribution in [0, 0.1) is 0 Å². The number of β-amino-alcohol motifs (C(OH)–C–C–N with tert-alkyl or cyclic N) is 1. The molecule has 0 aliphatic carbocycles. The van der Waals surface area contributed by atoms with Crippen LogP contribution in [0.25, 0.3) is 10.8 Å². The molecule has 4 nitrogen and oxygen atoms in total. The average molecular weight is 393 g/mol. The van der Waals surface area contributed by atoms with Crippen molar-refractivity contribution in [2.24, 2.45) is 0 Å². The number of hydrogen-bond acceptors (Lipinski definition) is 3. The minimum Gasteiger partial charge on any atom is -0.387 e. The fraction of sp³-hybridized carbons (Fsp3) is 0.158. The van der Waals surface area contributed by atoms with E-state index in [0.29, 0.717) is 11.1 Å². The third-order valence-corrected chi connectivity index (χ3v) is 6.46. The Hall–Kier alpha value is -2.58. The molecule has 3 aromatic rings. The van der Waals surface area contributed by atoms with E-state index >= 15 is 0 Å². The minimum absolute atomic E-state index is 0.162. The summed E-state index contributed by atoms with van der Waals surface area (Å²) in [5.74, 6) is 0. The summed E-state index contributed by atoms with van der Waals surface area (Å²) >= 11 is 0. The van der Waals surface area contributed by atoms with Crippen molar-refractivity contribution in [3.05, 3.63) is 71.8 Å². The maximum absolute atomic E-state index is 12.9. The molecule has 8 heteroatoms. The van der Waals surface area contributed by atoms with Crippen LogP contribution in [0.1, 0.15) is 17.2 Å². The molecule has 0 saturated carbocycles. The van der Waals surface area contributed by atoms with Crippen LogP contribution in [-0.4, -0.2) is 20.1 Å². The zero-order chi connectivity index (χ0) is 19.4. The Morgan fingerprint density at radius 2 is 1.59 bits per heavy atom. The summed E-state index contributed by atoms with van der Waals surface area (Å²) in [4.78, 5) is 0.162. The standard InChI is InChI=1S/C19H14F3NO3S/c20-19(21,22)14-9-7-12(8-10-14)16(24)11-23-15-5-1-3-13-4-2-6-17(18(13)15)27(23,25)26/h1-10,16,24H,11H2. The number of nitrogens with zero attached hydrogens (tertiary/aromatic N) is 1. The molecule has 1 N–H and O–H groups in total. The lowest BCUT2D eigenvalue weighted by Crippen LogP contribution is -2.31. The number of hydrogen-bond donors (Lipinski definition) is 1. The summed E-state index contributed by atoms with van der Waals surface area (Å²) in [6.07, 6.45) is -5.74. The third kappa shape index (κ3) is 2.85. The highest BCUT2D eigenvalue weighted by Gasteiger charge is 2.37. The van der Waals surface area contributed by atoms with Gasteiger partial charge < -0.3 is 5.11 Å². The zero-order valence-electron chi connectivity index (χ0n) is 13.8. The van der Waals surface area contributed by atoms with E-state index in [1.165, 1.54) is 6.07 Å². The van der Waals surface area contributed by atoms with E-state index in [9.17, 15) is 26.7 Å². The van der Waals surface area contributed by atoms with Crippen molar-refractivity contribution in [2.45, 2.75) is 17.2 Å². The molecule has 1 heterocycles. The van der Waals surface area contributed by atoms with Crippen molar-refractivity contribution >= 4 is 26.5 Å². The Kier molecular flexibility index (Phi) is 3.94. The molecule has 0 spiro atoms. The average Bonchev–Trinajstić information content (AvgIpc) is 2.84. The SMILES string of the molecule is O=S1(=O)c2cccc3cccc(c23)N1CC(O)c1ccc(C(F)(F)F)cc1. The second-order valence-electron chi connectivity index (χ2n) is 6.30. The number of aliphatic hydroxyl groups excluding tert-OH is 1. The molecule has 0 radical (unpaired) electrons. The predicted octanol–water partition coefficient (Wildman–Crippen LogP) is 4.10. The zero-order valence-corrected chi connectivity index (χ0v) is 14.6. The Morgan fingerprint density at radius 3 is 2.22 bits per heavy atom. The molecule has 3 aromatic carbocycles. The number of alkyl halides is 3. The van der Waals surface area contributed by atoms with Crippen LogP contribution < -0.4 is 4.31 Å². The smallest absolute Gasteiger partial charge is 0.387 e.